The van der Waals surface area contributed by atoms with E-state index in [2.05, 4.69) is 10.4 Å². The van der Waals surface area contributed by atoms with Crippen LogP contribution in [0.1, 0.15) is 23.8 Å². The van der Waals surface area contributed by atoms with Gasteiger partial charge >= 0.3 is 12.1 Å². The van der Waals surface area contributed by atoms with Crippen molar-refractivity contribution in [2.45, 2.75) is 26.1 Å². The van der Waals surface area contributed by atoms with Gasteiger partial charge in [0, 0.05) is 17.3 Å². The van der Waals surface area contributed by atoms with E-state index in [9.17, 15) is 18.0 Å². The van der Waals surface area contributed by atoms with E-state index >= 15 is 0 Å². The molecule has 1 N–H and O–H groups in total. The van der Waals surface area contributed by atoms with Gasteiger partial charge in [-0.2, -0.15) is 23.5 Å². The van der Waals surface area contributed by atoms with Crippen LogP contribution in [0.25, 0.3) is 11.3 Å². The lowest BCUT2D eigenvalue weighted by Crippen LogP contribution is -2.21. The van der Waals surface area contributed by atoms with Crippen molar-refractivity contribution in [3.8, 4) is 23.1 Å². The molecule has 0 radical (unpaired) electrons. The molecule has 156 valence electrons. The standard InChI is InChI=1S/C18H18ClF3N4O3/c1-3-29-17(27)15-14(19)16(26(25-15)8-4-7-23)12-6-5-11(9-13(12)28-2)24-10-18(20,21)22/h5-6,9,24H,3-4,8,10H2,1-2H3. The van der Waals surface area contributed by atoms with Crippen molar-refractivity contribution in [3.63, 3.8) is 0 Å². The molecule has 29 heavy (non-hydrogen) atoms. The average Bonchev–Trinajstić information content (AvgIpc) is 3.00. The minimum atomic E-state index is -4.38. The van der Waals surface area contributed by atoms with Gasteiger partial charge in [-0.1, -0.05) is 11.6 Å². The molecule has 0 unspecified atom stereocenters. The number of nitrogens with one attached hydrogen (secondary N) is 1. The number of anilines is 1. The number of carbonyl (C=O) groups excluding carboxylic acids is 1. The zero-order chi connectivity index (χ0) is 21.6. The third-order valence-corrected chi connectivity index (χ3v) is 4.11. The molecule has 0 amide bonds. The number of halogens is 4. The summed E-state index contributed by atoms with van der Waals surface area (Å²) < 4.78 is 48.9. The van der Waals surface area contributed by atoms with E-state index in [1.54, 1.807) is 6.92 Å². The average molecular weight is 431 g/mol. The number of benzene rings is 1. The largest absolute Gasteiger partial charge is 0.496 e. The van der Waals surface area contributed by atoms with Crippen LogP contribution in [0.3, 0.4) is 0 Å². The van der Waals surface area contributed by atoms with Crippen molar-refractivity contribution < 1.29 is 27.4 Å². The second-order valence-electron chi connectivity index (χ2n) is 5.75. The van der Waals surface area contributed by atoms with E-state index in [4.69, 9.17) is 26.3 Å². The number of ether oxygens (including phenoxy) is 2. The zero-order valence-corrected chi connectivity index (χ0v) is 16.4. The fourth-order valence-corrected chi connectivity index (χ4v) is 2.86. The quantitative estimate of drug-likeness (QED) is 0.629. The topological polar surface area (TPSA) is 89.2 Å². The number of hydrogen-bond acceptors (Lipinski definition) is 6. The number of rotatable bonds is 8. The summed E-state index contributed by atoms with van der Waals surface area (Å²) in [6.07, 6.45) is -4.28. The second-order valence-corrected chi connectivity index (χ2v) is 6.12. The Morgan fingerprint density at radius 3 is 2.72 bits per heavy atom. The lowest BCUT2D eigenvalue weighted by molar-refractivity contribution is -0.115. The number of carbonyl (C=O) groups is 1. The first-order chi connectivity index (χ1) is 13.7. The van der Waals surface area contributed by atoms with Gasteiger partial charge in [-0.3, -0.25) is 4.68 Å². The first-order valence-corrected chi connectivity index (χ1v) is 8.89. The van der Waals surface area contributed by atoms with Crippen LogP contribution in [-0.4, -0.2) is 42.2 Å². The van der Waals surface area contributed by atoms with Gasteiger partial charge in [-0.25, -0.2) is 4.79 Å². The lowest BCUT2D eigenvalue weighted by atomic mass is 10.1. The van der Waals surface area contributed by atoms with Gasteiger partial charge in [0.05, 0.1) is 38.4 Å². The lowest BCUT2D eigenvalue weighted by Gasteiger charge is -2.14. The Labute approximate surface area is 170 Å². The van der Waals surface area contributed by atoms with E-state index in [0.29, 0.717) is 11.3 Å². The molecule has 2 aromatic rings. The molecule has 0 aliphatic rings. The Bertz CT molecular complexity index is 922. The number of hydrogen-bond donors (Lipinski definition) is 1. The van der Waals surface area contributed by atoms with E-state index < -0.39 is 18.7 Å². The predicted molar refractivity (Wildman–Crippen MR) is 100.0 cm³/mol. The number of aryl methyl sites for hydroxylation is 1. The molecule has 0 atom stereocenters. The van der Waals surface area contributed by atoms with Crippen LogP contribution in [0.4, 0.5) is 18.9 Å². The molecule has 7 nitrogen and oxygen atoms in total. The molecule has 0 spiro atoms. The fraction of sp³-hybridized carbons (Fsp3) is 0.389. The minimum absolute atomic E-state index is 0.00399. The van der Waals surface area contributed by atoms with Crippen LogP contribution in [-0.2, 0) is 11.3 Å². The highest BCUT2D eigenvalue weighted by Crippen LogP contribution is 2.38. The van der Waals surface area contributed by atoms with Gasteiger partial charge in [-0.05, 0) is 19.1 Å². The molecule has 0 saturated carbocycles. The Morgan fingerprint density at radius 1 is 1.41 bits per heavy atom. The summed E-state index contributed by atoms with van der Waals surface area (Å²) >= 11 is 6.38. The normalized spacial score (nSPS) is 11.1. The van der Waals surface area contributed by atoms with Crippen molar-refractivity contribution in [1.29, 1.82) is 5.26 Å². The first kappa shape index (κ1) is 22.4. The molecule has 0 saturated heterocycles. The summed E-state index contributed by atoms with van der Waals surface area (Å²) in [5.74, 6) is -0.510. The number of alkyl halides is 3. The highest BCUT2D eigenvalue weighted by Gasteiger charge is 2.28. The molecule has 0 aliphatic carbocycles. The summed E-state index contributed by atoms with van der Waals surface area (Å²) in [5.41, 5.74) is 0.760. The summed E-state index contributed by atoms with van der Waals surface area (Å²) in [7, 11) is 1.35. The van der Waals surface area contributed by atoms with Crippen molar-refractivity contribution >= 4 is 23.3 Å². The summed E-state index contributed by atoms with van der Waals surface area (Å²) in [6, 6.07) is 6.28. The van der Waals surface area contributed by atoms with Gasteiger partial charge in [-0.15, -0.1) is 0 Å². The van der Waals surface area contributed by atoms with Gasteiger partial charge in [0.2, 0.25) is 0 Å². The molecule has 11 heteroatoms. The number of methoxy groups -OCH3 is 1. The van der Waals surface area contributed by atoms with Crippen LogP contribution in [0.15, 0.2) is 18.2 Å². The monoisotopic (exact) mass is 430 g/mol. The number of nitriles is 1. The van der Waals surface area contributed by atoms with Gasteiger partial charge < -0.3 is 14.8 Å². The van der Waals surface area contributed by atoms with Crippen molar-refractivity contribution in [2.75, 3.05) is 25.6 Å². The van der Waals surface area contributed by atoms with E-state index in [0.717, 1.165) is 0 Å². The number of nitrogens with zero attached hydrogens (tertiary/aromatic N) is 3. The summed E-state index contributed by atoms with van der Waals surface area (Å²) in [6.45, 7) is 0.694. The second kappa shape index (κ2) is 9.52. The van der Waals surface area contributed by atoms with Crippen LogP contribution >= 0.6 is 11.6 Å². The Balaban J connectivity index is 2.51. The van der Waals surface area contributed by atoms with E-state index in [1.807, 2.05) is 6.07 Å². The molecular formula is C18H18ClF3N4O3. The molecule has 0 fully saturated rings. The smallest absolute Gasteiger partial charge is 0.405 e. The Morgan fingerprint density at radius 2 is 2.14 bits per heavy atom. The summed E-state index contributed by atoms with van der Waals surface area (Å²) in [4.78, 5) is 12.1. The number of esters is 1. The Kier molecular flexibility index (Phi) is 7.34. The zero-order valence-electron chi connectivity index (χ0n) is 15.6. The highest BCUT2D eigenvalue weighted by atomic mass is 35.5. The highest BCUT2D eigenvalue weighted by molar-refractivity contribution is 6.36. The molecule has 1 aromatic carbocycles. The van der Waals surface area contributed by atoms with Crippen LogP contribution < -0.4 is 10.1 Å². The first-order valence-electron chi connectivity index (χ1n) is 8.51. The molecule has 1 heterocycles. The molecule has 0 aliphatic heterocycles. The molecule has 2 rings (SSSR count). The Hall–Kier alpha value is -2.93. The summed E-state index contributed by atoms with van der Waals surface area (Å²) in [5, 5.41) is 15.3. The van der Waals surface area contributed by atoms with Crippen molar-refractivity contribution in [3.05, 3.63) is 28.9 Å². The SMILES string of the molecule is CCOC(=O)c1nn(CCC#N)c(-c2ccc(NCC(F)(F)F)cc2OC)c1Cl. The third kappa shape index (κ3) is 5.54. The third-order valence-electron chi connectivity index (χ3n) is 3.75. The number of aromatic nitrogens is 2. The molecular weight excluding hydrogens is 413 g/mol. The molecule has 1 aromatic heterocycles. The van der Waals surface area contributed by atoms with Crippen molar-refractivity contribution in [1.82, 2.24) is 9.78 Å². The fourth-order valence-electron chi connectivity index (χ4n) is 2.54. The van der Waals surface area contributed by atoms with Crippen molar-refractivity contribution in [2.24, 2.45) is 0 Å². The van der Waals surface area contributed by atoms with Gasteiger partial charge in [0.25, 0.3) is 0 Å². The predicted octanol–water partition coefficient (Wildman–Crippen LogP) is 4.28. The molecule has 0 bridgehead atoms. The van der Waals surface area contributed by atoms with Crippen LogP contribution in [0.2, 0.25) is 5.02 Å². The van der Waals surface area contributed by atoms with E-state index in [-0.39, 0.29) is 41.7 Å². The van der Waals surface area contributed by atoms with Crippen LogP contribution in [0.5, 0.6) is 5.75 Å². The maximum Gasteiger partial charge on any atom is 0.405 e. The maximum absolute atomic E-state index is 12.4. The van der Waals surface area contributed by atoms with Gasteiger partial charge in [0.15, 0.2) is 5.69 Å². The van der Waals surface area contributed by atoms with Crippen LogP contribution in [0, 0.1) is 11.3 Å². The maximum atomic E-state index is 12.4. The van der Waals surface area contributed by atoms with E-state index in [1.165, 1.54) is 30.0 Å². The van der Waals surface area contributed by atoms with Gasteiger partial charge in [0.1, 0.15) is 17.3 Å². The minimum Gasteiger partial charge on any atom is -0.496 e.